The van der Waals surface area contributed by atoms with Gasteiger partial charge in [0.2, 0.25) is 0 Å². The van der Waals surface area contributed by atoms with Crippen molar-refractivity contribution in [2.24, 2.45) is 11.0 Å². The lowest BCUT2D eigenvalue weighted by atomic mass is 10.00. The van der Waals surface area contributed by atoms with Crippen LogP contribution in [0, 0.1) is 17.8 Å². The van der Waals surface area contributed by atoms with E-state index >= 15 is 0 Å². The Bertz CT molecular complexity index is 284. The third-order valence-electron chi connectivity index (χ3n) is 1.74. The smallest absolute Gasteiger partial charge is 0.303 e. The molecule has 0 aromatic carbocycles. The van der Waals surface area contributed by atoms with Crippen LogP contribution >= 0.6 is 0 Å². The van der Waals surface area contributed by atoms with Crippen LogP contribution in [0.5, 0.6) is 0 Å². The highest BCUT2D eigenvalue weighted by Crippen LogP contribution is 2.11. The molecule has 1 atom stereocenters. The van der Waals surface area contributed by atoms with Gasteiger partial charge in [-0.05, 0) is 24.8 Å². The Morgan fingerprint density at radius 3 is 2.93 bits per heavy atom. The predicted molar refractivity (Wildman–Crippen MR) is 52.4 cm³/mol. The van der Waals surface area contributed by atoms with Crippen LogP contribution in [0.25, 0.3) is 10.4 Å². The molecule has 0 spiro atoms. The maximum atomic E-state index is 10.3. The van der Waals surface area contributed by atoms with E-state index in [4.69, 9.17) is 10.6 Å². The molecule has 0 bridgehead atoms. The molecule has 5 nitrogen and oxygen atoms in total. The SMILES string of the molecule is CC#CCC(CCC(=O)O)CN=[N+]=[N-]. The molecule has 1 N–H and O–H groups in total. The van der Waals surface area contributed by atoms with E-state index in [9.17, 15) is 4.79 Å². The zero-order valence-electron chi connectivity index (χ0n) is 8.10. The van der Waals surface area contributed by atoms with Crippen molar-refractivity contribution in [2.75, 3.05) is 6.54 Å². The van der Waals surface area contributed by atoms with E-state index in [1.54, 1.807) is 6.92 Å². The Morgan fingerprint density at radius 2 is 2.43 bits per heavy atom. The fraction of sp³-hybridized carbons (Fsp3) is 0.667. The summed E-state index contributed by atoms with van der Waals surface area (Å²) < 4.78 is 0. The molecule has 0 aromatic rings. The number of carboxylic acid groups (broad SMARTS) is 1. The Kier molecular flexibility index (Phi) is 7.02. The van der Waals surface area contributed by atoms with E-state index in [0.29, 0.717) is 19.4 Å². The molecule has 0 aliphatic rings. The number of aliphatic carboxylic acids is 1. The second-order valence-corrected chi connectivity index (χ2v) is 2.84. The zero-order valence-corrected chi connectivity index (χ0v) is 8.10. The summed E-state index contributed by atoms with van der Waals surface area (Å²) in [4.78, 5) is 13.0. The highest BCUT2D eigenvalue weighted by atomic mass is 16.4. The van der Waals surface area contributed by atoms with E-state index in [0.717, 1.165) is 0 Å². The summed E-state index contributed by atoms with van der Waals surface area (Å²) in [5.74, 6) is 4.80. The van der Waals surface area contributed by atoms with Gasteiger partial charge in [0, 0.05) is 24.3 Å². The fourth-order valence-electron chi connectivity index (χ4n) is 0.984. The first-order valence-corrected chi connectivity index (χ1v) is 4.33. The molecule has 0 aromatic heterocycles. The first-order chi connectivity index (χ1) is 6.70. The van der Waals surface area contributed by atoms with Gasteiger partial charge in [-0.15, -0.1) is 11.8 Å². The third-order valence-corrected chi connectivity index (χ3v) is 1.74. The van der Waals surface area contributed by atoms with Gasteiger partial charge in [-0.1, -0.05) is 5.11 Å². The molecule has 0 rings (SSSR count). The van der Waals surface area contributed by atoms with Gasteiger partial charge in [-0.3, -0.25) is 4.79 Å². The van der Waals surface area contributed by atoms with E-state index in [1.807, 2.05) is 0 Å². The van der Waals surface area contributed by atoms with Gasteiger partial charge in [0.05, 0.1) is 0 Å². The van der Waals surface area contributed by atoms with Gasteiger partial charge in [0.25, 0.3) is 0 Å². The van der Waals surface area contributed by atoms with Crippen LogP contribution in [0.1, 0.15) is 26.2 Å². The molecule has 0 aliphatic heterocycles. The summed E-state index contributed by atoms with van der Waals surface area (Å²) in [6, 6.07) is 0. The quantitative estimate of drug-likeness (QED) is 0.305. The van der Waals surface area contributed by atoms with Crippen LogP contribution in [0.15, 0.2) is 5.11 Å². The average molecular weight is 195 g/mol. The molecule has 0 fully saturated rings. The van der Waals surface area contributed by atoms with Crippen LogP contribution < -0.4 is 0 Å². The highest BCUT2D eigenvalue weighted by molar-refractivity contribution is 5.66. The fourth-order valence-corrected chi connectivity index (χ4v) is 0.984. The average Bonchev–Trinajstić information content (AvgIpc) is 2.16. The van der Waals surface area contributed by atoms with E-state index in [1.165, 1.54) is 0 Å². The van der Waals surface area contributed by atoms with Gasteiger partial charge < -0.3 is 5.11 Å². The van der Waals surface area contributed by atoms with E-state index in [-0.39, 0.29) is 12.3 Å². The Hall–Kier alpha value is -1.66. The standard InChI is InChI=1S/C9H13N3O2/c1-2-3-4-8(7-11-12-10)5-6-9(13)14/h8H,4-7H2,1H3,(H,13,14). The lowest BCUT2D eigenvalue weighted by molar-refractivity contribution is -0.137. The summed E-state index contributed by atoms with van der Waals surface area (Å²) >= 11 is 0. The topological polar surface area (TPSA) is 86.1 Å². The van der Waals surface area contributed by atoms with E-state index in [2.05, 4.69) is 21.9 Å². The molecule has 0 aliphatic carbocycles. The normalized spacial score (nSPS) is 10.6. The molecule has 1 unspecified atom stereocenters. The number of hydrogen-bond donors (Lipinski definition) is 1. The highest BCUT2D eigenvalue weighted by Gasteiger charge is 2.08. The molecule has 0 heterocycles. The van der Waals surface area contributed by atoms with Crippen molar-refractivity contribution in [3.63, 3.8) is 0 Å². The first-order valence-electron chi connectivity index (χ1n) is 4.33. The summed E-state index contributed by atoms with van der Waals surface area (Å²) in [6.07, 6.45) is 1.18. The molecule has 5 heteroatoms. The van der Waals surface area contributed by atoms with Crippen molar-refractivity contribution in [2.45, 2.75) is 26.2 Å². The van der Waals surface area contributed by atoms with E-state index < -0.39 is 5.97 Å². The molecule has 14 heavy (non-hydrogen) atoms. The van der Waals surface area contributed by atoms with Crippen molar-refractivity contribution in [3.8, 4) is 11.8 Å². The number of nitrogens with zero attached hydrogens (tertiary/aromatic N) is 3. The number of rotatable bonds is 6. The largest absolute Gasteiger partial charge is 0.481 e. The summed E-state index contributed by atoms with van der Waals surface area (Å²) in [5.41, 5.74) is 8.12. The van der Waals surface area contributed by atoms with Gasteiger partial charge >= 0.3 is 5.97 Å². The number of azide groups is 1. The summed E-state index contributed by atoms with van der Waals surface area (Å²) in [7, 11) is 0. The zero-order chi connectivity index (χ0) is 10.8. The van der Waals surface area contributed by atoms with Crippen molar-refractivity contribution < 1.29 is 9.90 Å². The van der Waals surface area contributed by atoms with Crippen LogP contribution in [-0.4, -0.2) is 17.6 Å². The van der Waals surface area contributed by atoms with Crippen molar-refractivity contribution in [1.29, 1.82) is 0 Å². The molecular formula is C9H13N3O2. The lowest BCUT2D eigenvalue weighted by Crippen LogP contribution is -2.07. The number of hydrogen-bond acceptors (Lipinski definition) is 2. The molecule has 0 saturated carbocycles. The van der Waals surface area contributed by atoms with Gasteiger partial charge in [-0.2, -0.15) is 0 Å². The van der Waals surface area contributed by atoms with Crippen molar-refractivity contribution in [1.82, 2.24) is 0 Å². The van der Waals surface area contributed by atoms with Gasteiger partial charge in [-0.25, -0.2) is 0 Å². The minimum Gasteiger partial charge on any atom is -0.481 e. The molecular weight excluding hydrogens is 182 g/mol. The molecule has 0 saturated heterocycles. The van der Waals surface area contributed by atoms with Gasteiger partial charge in [0.15, 0.2) is 0 Å². The van der Waals surface area contributed by atoms with Gasteiger partial charge in [0.1, 0.15) is 0 Å². The monoisotopic (exact) mass is 195 g/mol. The predicted octanol–water partition coefficient (Wildman–Crippen LogP) is 2.19. The number of carboxylic acids is 1. The summed E-state index contributed by atoms with van der Waals surface area (Å²) in [6.45, 7) is 2.04. The minimum absolute atomic E-state index is 0.0504. The lowest BCUT2D eigenvalue weighted by Gasteiger charge is -2.08. The van der Waals surface area contributed by atoms with Crippen molar-refractivity contribution >= 4 is 5.97 Å². The Labute approximate surface area is 82.7 Å². The van der Waals surface area contributed by atoms with Crippen LogP contribution in [0.3, 0.4) is 0 Å². The first kappa shape index (κ1) is 12.3. The Morgan fingerprint density at radius 1 is 1.71 bits per heavy atom. The van der Waals surface area contributed by atoms with Crippen LogP contribution in [0.4, 0.5) is 0 Å². The number of carbonyl (C=O) groups is 1. The maximum absolute atomic E-state index is 10.3. The Balaban J connectivity index is 3.99. The van der Waals surface area contributed by atoms with Crippen molar-refractivity contribution in [3.05, 3.63) is 10.4 Å². The summed E-state index contributed by atoms with van der Waals surface area (Å²) in [5, 5.41) is 11.9. The van der Waals surface area contributed by atoms with Crippen LogP contribution in [0.2, 0.25) is 0 Å². The second-order valence-electron chi connectivity index (χ2n) is 2.84. The minimum atomic E-state index is -0.833. The molecule has 0 radical (unpaired) electrons. The second kappa shape index (κ2) is 7.96. The molecule has 76 valence electrons. The third kappa shape index (κ3) is 7.01. The molecule has 0 amide bonds. The van der Waals surface area contributed by atoms with Crippen LogP contribution in [-0.2, 0) is 4.79 Å². The maximum Gasteiger partial charge on any atom is 0.303 e.